The minimum atomic E-state index is -0.177. The number of anilines is 1. The number of carbonyl (C=O) groups is 1. The van der Waals surface area contributed by atoms with Crippen LogP contribution in [0.2, 0.25) is 10.0 Å². The third-order valence-corrected chi connectivity index (χ3v) is 8.05. The normalized spacial score (nSPS) is 17.0. The summed E-state index contributed by atoms with van der Waals surface area (Å²) in [4.78, 5) is 35.1. The first kappa shape index (κ1) is 24.3. The molecule has 35 heavy (non-hydrogen) atoms. The van der Waals surface area contributed by atoms with Crippen molar-refractivity contribution < 1.29 is 4.79 Å². The molecule has 5 rings (SSSR count). The van der Waals surface area contributed by atoms with Crippen LogP contribution < -0.4 is 10.5 Å². The standard InChI is InChI=1S/C27H30Cl2N4O2/c28-24-8-5-19(14-25(24)29)4-7-22(34)17-33-18-30-26-9-6-21(15-23(26)27(33)35)32-12-10-31(11-13-32)16-20-2-1-3-20/h5-6,8-9,14-15,18,20H,1-4,7,10-13,16-17H2. The lowest BCUT2D eigenvalue weighted by Gasteiger charge is -2.39. The molecule has 1 aliphatic heterocycles. The zero-order chi connectivity index (χ0) is 24.4. The van der Waals surface area contributed by atoms with Crippen LogP contribution in [0.25, 0.3) is 10.9 Å². The second kappa shape index (κ2) is 10.7. The van der Waals surface area contributed by atoms with Crippen molar-refractivity contribution in [3.05, 3.63) is 68.7 Å². The van der Waals surface area contributed by atoms with E-state index in [2.05, 4.69) is 14.8 Å². The summed E-state index contributed by atoms with van der Waals surface area (Å²) in [5.74, 6) is 0.858. The van der Waals surface area contributed by atoms with Crippen molar-refractivity contribution in [3.8, 4) is 0 Å². The smallest absolute Gasteiger partial charge is 0.261 e. The Balaban J connectivity index is 1.23. The number of aryl methyl sites for hydroxylation is 1. The first-order valence-electron chi connectivity index (χ1n) is 12.4. The van der Waals surface area contributed by atoms with Crippen LogP contribution in [0, 0.1) is 5.92 Å². The van der Waals surface area contributed by atoms with E-state index in [9.17, 15) is 9.59 Å². The van der Waals surface area contributed by atoms with Gasteiger partial charge in [-0.2, -0.15) is 0 Å². The summed E-state index contributed by atoms with van der Waals surface area (Å²) in [6, 6.07) is 11.2. The molecule has 0 radical (unpaired) electrons. The second-order valence-corrected chi connectivity index (χ2v) is 10.6. The average Bonchev–Trinajstić information content (AvgIpc) is 2.84. The molecule has 1 aromatic heterocycles. The molecule has 1 aliphatic carbocycles. The molecule has 2 fully saturated rings. The second-order valence-electron chi connectivity index (χ2n) is 9.75. The van der Waals surface area contributed by atoms with Gasteiger partial charge in [0.25, 0.3) is 5.56 Å². The molecule has 0 N–H and O–H groups in total. The van der Waals surface area contributed by atoms with Gasteiger partial charge >= 0.3 is 0 Å². The third kappa shape index (κ3) is 5.71. The summed E-state index contributed by atoms with van der Waals surface area (Å²) in [5.41, 5.74) is 2.46. The Kier molecular flexibility index (Phi) is 7.42. The highest BCUT2D eigenvalue weighted by Gasteiger charge is 2.24. The molecule has 2 aromatic carbocycles. The molecule has 184 valence electrons. The number of aromatic nitrogens is 2. The van der Waals surface area contributed by atoms with E-state index in [0.29, 0.717) is 33.8 Å². The van der Waals surface area contributed by atoms with Crippen molar-refractivity contribution in [1.82, 2.24) is 14.5 Å². The van der Waals surface area contributed by atoms with Crippen LogP contribution in [-0.4, -0.2) is 53.0 Å². The molecule has 0 unspecified atom stereocenters. The van der Waals surface area contributed by atoms with E-state index in [1.54, 1.807) is 12.1 Å². The first-order chi connectivity index (χ1) is 17.0. The highest BCUT2D eigenvalue weighted by Crippen LogP contribution is 2.28. The molecule has 2 heterocycles. The van der Waals surface area contributed by atoms with Crippen molar-refractivity contribution in [1.29, 1.82) is 0 Å². The molecule has 6 nitrogen and oxygen atoms in total. The van der Waals surface area contributed by atoms with Gasteiger partial charge in [0.2, 0.25) is 0 Å². The average molecular weight is 513 g/mol. The van der Waals surface area contributed by atoms with Gasteiger partial charge in [-0.25, -0.2) is 4.98 Å². The van der Waals surface area contributed by atoms with Crippen LogP contribution in [0.4, 0.5) is 5.69 Å². The zero-order valence-electron chi connectivity index (χ0n) is 19.8. The van der Waals surface area contributed by atoms with E-state index in [0.717, 1.165) is 43.3 Å². The first-order valence-corrected chi connectivity index (χ1v) is 13.1. The maximum atomic E-state index is 13.2. The van der Waals surface area contributed by atoms with Crippen molar-refractivity contribution in [3.63, 3.8) is 0 Å². The van der Waals surface area contributed by atoms with Gasteiger partial charge in [-0.1, -0.05) is 35.7 Å². The summed E-state index contributed by atoms with van der Waals surface area (Å²) in [5, 5.41) is 1.52. The predicted octanol–water partition coefficient (Wildman–Crippen LogP) is 4.83. The molecule has 3 aromatic rings. The van der Waals surface area contributed by atoms with Crippen LogP contribution in [0.5, 0.6) is 0 Å². The van der Waals surface area contributed by atoms with Gasteiger partial charge in [-0.05, 0) is 61.1 Å². The van der Waals surface area contributed by atoms with Crippen LogP contribution in [0.15, 0.2) is 47.5 Å². The number of hydrogen-bond donors (Lipinski definition) is 0. The highest BCUT2D eigenvalue weighted by atomic mass is 35.5. The van der Waals surface area contributed by atoms with Crippen molar-refractivity contribution in [2.75, 3.05) is 37.6 Å². The van der Waals surface area contributed by atoms with Gasteiger partial charge in [0.15, 0.2) is 5.78 Å². The van der Waals surface area contributed by atoms with E-state index in [1.807, 2.05) is 24.3 Å². The topological polar surface area (TPSA) is 58.4 Å². The summed E-state index contributed by atoms with van der Waals surface area (Å²) in [7, 11) is 0. The summed E-state index contributed by atoms with van der Waals surface area (Å²) >= 11 is 12.0. The summed E-state index contributed by atoms with van der Waals surface area (Å²) in [6.45, 7) is 5.25. The lowest BCUT2D eigenvalue weighted by Crippen LogP contribution is -2.48. The summed E-state index contributed by atoms with van der Waals surface area (Å²) < 4.78 is 1.42. The molecular formula is C27H30Cl2N4O2. The quantitative estimate of drug-likeness (QED) is 0.432. The van der Waals surface area contributed by atoms with Crippen LogP contribution >= 0.6 is 23.2 Å². The number of benzene rings is 2. The largest absolute Gasteiger partial charge is 0.369 e. The Hall–Kier alpha value is -2.41. The lowest BCUT2D eigenvalue weighted by atomic mass is 9.85. The van der Waals surface area contributed by atoms with Gasteiger partial charge in [0.1, 0.15) is 0 Å². The van der Waals surface area contributed by atoms with E-state index >= 15 is 0 Å². The number of rotatable bonds is 8. The van der Waals surface area contributed by atoms with Crippen LogP contribution in [-0.2, 0) is 17.8 Å². The van der Waals surface area contributed by atoms with Crippen molar-refractivity contribution in [2.45, 2.75) is 38.6 Å². The number of ketones is 1. The molecule has 2 aliphatic rings. The van der Waals surface area contributed by atoms with E-state index in [-0.39, 0.29) is 17.9 Å². The molecule has 0 spiro atoms. The Morgan fingerprint density at radius 1 is 1.00 bits per heavy atom. The van der Waals surface area contributed by atoms with Gasteiger partial charge in [-0.15, -0.1) is 0 Å². The fraction of sp³-hybridized carbons (Fsp3) is 0.444. The SMILES string of the molecule is O=C(CCc1ccc(Cl)c(Cl)c1)Cn1cnc2ccc(N3CCN(CC4CCC4)CC3)cc2c1=O. The van der Waals surface area contributed by atoms with Crippen LogP contribution in [0.1, 0.15) is 31.2 Å². The highest BCUT2D eigenvalue weighted by molar-refractivity contribution is 6.42. The third-order valence-electron chi connectivity index (χ3n) is 7.31. The Morgan fingerprint density at radius 3 is 2.51 bits per heavy atom. The number of hydrogen-bond acceptors (Lipinski definition) is 5. The van der Waals surface area contributed by atoms with Crippen LogP contribution in [0.3, 0.4) is 0 Å². The lowest BCUT2D eigenvalue weighted by molar-refractivity contribution is -0.119. The van der Waals surface area contributed by atoms with Crippen molar-refractivity contribution in [2.24, 2.45) is 5.92 Å². The van der Waals surface area contributed by atoms with E-state index < -0.39 is 0 Å². The monoisotopic (exact) mass is 512 g/mol. The number of Topliss-reactive ketones (excluding diaryl/α,β-unsaturated/α-hetero) is 1. The predicted molar refractivity (Wildman–Crippen MR) is 142 cm³/mol. The molecule has 1 saturated heterocycles. The maximum Gasteiger partial charge on any atom is 0.261 e. The number of nitrogens with zero attached hydrogens (tertiary/aromatic N) is 4. The molecule has 0 amide bonds. The fourth-order valence-electron chi connectivity index (χ4n) is 4.93. The molecule has 1 saturated carbocycles. The molecular weight excluding hydrogens is 483 g/mol. The minimum Gasteiger partial charge on any atom is -0.369 e. The maximum absolute atomic E-state index is 13.2. The Morgan fingerprint density at radius 2 is 1.80 bits per heavy atom. The molecule has 0 atom stereocenters. The number of halogens is 2. The number of piperazine rings is 1. The molecule has 0 bridgehead atoms. The zero-order valence-corrected chi connectivity index (χ0v) is 21.3. The summed E-state index contributed by atoms with van der Waals surface area (Å²) in [6.07, 6.45) is 6.47. The fourth-order valence-corrected chi connectivity index (χ4v) is 5.25. The van der Waals surface area contributed by atoms with Gasteiger partial charge < -0.3 is 4.90 Å². The number of carbonyl (C=O) groups excluding carboxylic acids is 1. The van der Waals surface area contributed by atoms with Crippen molar-refractivity contribution >= 4 is 45.6 Å². The van der Waals surface area contributed by atoms with Gasteiger partial charge in [0.05, 0.1) is 33.8 Å². The minimum absolute atomic E-state index is 0.00711. The number of fused-ring (bicyclic) bond motifs is 1. The van der Waals surface area contributed by atoms with E-state index in [1.165, 1.54) is 36.7 Å². The van der Waals surface area contributed by atoms with Gasteiger partial charge in [-0.3, -0.25) is 19.1 Å². The molecule has 8 heteroatoms. The Bertz CT molecular complexity index is 1280. The Labute approximate surface area is 215 Å². The van der Waals surface area contributed by atoms with Gasteiger partial charge in [0, 0.05) is 44.8 Å². The van der Waals surface area contributed by atoms with E-state index in [4.69, 9.17) is 23.2 Å².